The molecule has 3 aromatic rings. The van der Waals surface area contributed by atoms with Gasteiger partial charge in [-0.2, -0.15) is 0 Å². The largest absolute Gasteiger partial charge is 0.455 e. The molecule has 0 aliphatic rings. The minimum atomic E-state index is -0.250. The van der Waals surface area contributed by atoms with Crippen molar-refractivity contribution in [1.29, 1.82) is 0 Å². The van der Waals surface area contributed by atoms with Gasteiger partial charge in [0.25, 0.3) is 0 Å². The molecule has 7 heteroatoms. The lowest BCUT2D eigenvalue weighted by Crippen LogP contribution is -2.27. The summed E-state index contributed by atoms with van der Waals surface area (Å²) in [7, 11) is 0. The number of thiophene rings is 1. The van der Waals surface area contributed by atoms with Crippen molar-refractivity contribution in [3.8, 4) is 11.5 Å². The summed E-state index contributed by atoms with van der Waals surface area (Å²) in [6, 6.07) is 20.0. The van der Waals surface area contributed by atoms with Crippen LogP contribution in [0.1, 0.15) is 28.9 Å². The van der Waals surface area contributed by atoms with Crippen LogP contribution in [0.5, 0.6) is 11.5 Å². The smallest absolute Gasteiger partial charge is 0.226 e. The number of nitrogens with one attached hydrogen (secondary N) is 2. The summed E-state index contributed by atoms with van der Waals surface area (Å²) in [5.41, 5.74) is 0.555. The zero-order valence-corrected chi connectivity index (χ0v) is 17.1. The van der Waals surface area contributed by atoms with Crippen LogP contribution in [0, 0.1) is 0 Å². The van der Waals surface area contributed by atoms with E-state index in [4.69, 9.17) is 4.74 Å². The second kappa shape index (κ2) is 10.9. The van der Waals surface area contributed by atoms with Gasteiger partial charge < -0.3 is 15.4 Å². The number of para-hydroxylation sites is 3. The van der Waals surface area contributed by atoms with Crippen LogP contribution in [0.3, 0.4) is 0 Å². The van der Waals surface area contributed by atoms with Gasteiger partial charge in [0.15, 0.2) is 11.5 Å². The zero-order chi connectivity index (χ0) is 21.2. The third kappa shape index (κ3) is 6.56. The molecule has 0 radical (unpaired) electrons. The van der Waals surface area contributed by atoms with E-state index in [2.05, 4.69) is 10.6 Å². The van der Waals surface area contributed by atoms with Crippen LogP contribution in [0.4, 0.5) is 5.69 Å². The molecule has 2 N–H and O–H groups in total. The highest BCUT2D eigenvalue weighted by Crippen LogP contribution is 2.29. The molecule has 0 aliphatic carbocycles. The molecular weight excluding hydrogens is 400 g/mol. The number of carbonyl (C=O) groups is 3. The van der Waals surface area contributed by atoms with E-state index >= 15 is 0 Å². The monoisotopic (exact) mass is 422 g/mol. The minimum Gasteiger partial charge on any atom is -0.455 e. The molecule has 1 aromatic heterocycles. The normalized spacial score (nSPS) is 10.3. The second-order valence-corrected chi connectivity index (χ2v) is 7.41. The van der Waals surface area contributed by atoms with Gasteiger partial charge in [-0.1, -0.05) is 36.4 Å². The molecule has 0 saturated heterocycles. The van der Waals surface area contributed by atoms with Gasteiger partial charge in [-0.15, -0.1) is 11.3 Å². The van der Waals surface area contributed by atoms with Crippen LogP contribution in [0.25, 0.3) is 0 Å². The molecule has 0 bridgehead atoms. The van der Waals surface area contributed by atoms with E-state index in [1.54, 1.807) is 30.3 Å². The van der Waals surface area contributed by atoms with Crippen molar-refractivity contribution in [1.82, 2.24) is 5.32 Å². The lowest BCUT2D eigenvalue weighted by Gasteiger charge is -2.12. The van der Waals surface area contributed by atoms with Crippen LogP contribution >= 0.6 is 11.3 Å². The lowest BCUT2D eigenvalue weighted by molar-refractivity contribution is -0.121. The van der Waals surface area contributed by atoms with Crippen molar-refractivity contribution in [3.63, 3.8) is 0 Å². The average molecular weight is 423 g/mol. The van der Waals surface area contributed by atoms with Crippen molar-refractivity contribution in [2.75, 3.05) is 11.9 Å². The van der Waals surface area contributed by atoms with Gasteiger partial charge in [0.1, 0.15) is 5.75 Å². The maximum absolute atomic E-state index is 12.2. The van der Waals surface area contributed by atoms with Crippen molar-refractivity contribution >= 4 is 34.6 Å². The molecule has 0 saturated carbocycles. The van der Waals surface area contributed by atoms with E-state index < -0.39 is 0 Å². The van der Waals surface area contributed by atoms with Gasteiger partial charge in [-0.05, 0) is 35.7 Å². The summed E-state index contributed by atoms with van der Waals surface area (Å²) in [4.78, 5) is 36.7. The number of benzene rings is 2. The fraction of sp³-hybridized carbons (Fsp3) is 0.174. The summed E-state index contributed by atoms with van der Waals surface area (Å²) in [6.07, 6.45) is 0.374. The van der Waals surface area contributed by atoms with Crippen LogP contribution in [-0.2, 0) is 9.59 Å². The molecule has 0 unspecified atom stereocenters. The molecule has 3 rings (SSSR count). The molecule has 0 fully saturated rings. The quantitative estimate of drug-likeness (QED) is 0.466. The Morgan fingerprint density at radius 1 is 0.800 bits per heavy atom. The van der Waals surface area contributed by atoms with Crippen molar-refractivity contribution < 1.29 is 19.1 Å². The number of amides is 2. The van der Waals surface area contributed by atoms with E-state index in [1.807, 2.05) is 41.8 Å². The van der Waals surface area contributed by atoms with E-state index in [0.29, 0.717) is 22.1 Å². The maximum Gasteiger partial charge on any atom is 0.226 e. The fourth-order valence-corrected chi connectivity index (χ4v) is 3.37. The highest BCUT2D eigenvalue weighted by atomic mass is 32.1. The highest BCUT2D eigenvalue weighted by molar-refractivity contribution is 7.12. The first-order valence-corrected chi connectivity index (χ1v) is 10.4. The number of Topliss-reactive ketones (excluding diaryl/α,β-unsaturated/α-hetero) is 1. The number of hydrogen-bond acceptors (Lipinski definition) is 5. The van der Waals surface area contributed by atoms with Crippen LogP contribution in [-0.4, -0.2) is 24.1 Å². The standard InChI is InChI=1S/C23H22N2O4S/c26-19(21-11-6-16-30-21)12-13-22(27)24-15-14-23(28)25-18-9-4-5-10-20(18)29-17-7-2-1-3-8-17/h1-11,16H,12-15H2,(H,24,27)(H,25,28). The zero-order valence-electron chi connectivity index (χ0n) is 16.3. The summed E-state index contributed by atoms with van der Waals surface area (Å²) >= 11 is 1.36. The van der Waals surface area contributed by atoms with Gasteiger partial charge >= 0.3 is 0 Å². The fourth-order valence-electron chi connectivity index (χ4n) is 2.68. The molecule has 0 atom stereocenters. The third-order valence-corrected chi connectivity index (χ3v) is 5.09. The number of carbonyl (C=O) groups excluding carboxylic acids is 3. The van der Waals surface area contributed by atoms with E-state index in [9.17, 15) is 14.4 Å². The first-order valence-electron chi connectivity index (χ1n) is 9.57. The molecular formula is C23H22N2O4S. The number of ether oxygens (including phenoxy) is 1. The predicted octanol–water partition coefficient (Wildman–Crippen LogP) is 4.65. The van der Waals surface area contributed by atoms with Crippen LogP contribution in [0.2, 0.25) is 0 Å². The van der Waals surface area contributed by atoms with E-state index in [1.165, 1.54) is 11.3 Å². The number of rotatable bonds is 10. The Morgan fingerprint density at radius 3 is 2.33 bits per heavy atom. The van der Waals surface area contributed by atoms with Gasteiger partial charge in [-0.3, -0.25) is 14.4 Å². The third-order valence-electron chi connectivity index (χ3n) is 4.18. The Balaban J connectivity index is 1.41. The molecule has 2 amide bonds. The van der Waals surface area contributed by atoms with Crippen LogP contribution in [0.15, 0.2) is 72.1 Å². The molecule has 2 aromatic carbocycles. The molecule has 1 heterocycles. The van der Waals surface area contributed by atoms with Crippen molar-refractivity contribution in [3.05, 3.63) is 77.0 Å². The lowest BCUT2D eigenvalue weighted by atomic mass is 10.2. The first-order chi connectivity index (χ1) is 14.6. The Kier molecular flexibility index (Phi) is 7.74. The van der Waals surface area contributed by atoms with E-state index in [0.717, 1.165) is 0 Å². The Bertz CT molecular complexity index is 987. The molecule has 0 aliphatic heterocycles. The molecule has 30 heavy (non-hydrogen) atoms. The number of hydrogen-bond donors (Lipinski definition) is 2. The number of ketones is 1. The minimum absolute atomic E-state index is 0.0482. The molecule has 154 valence electrons. The number of anilines is 1. The first kappa shape index (κ1) is 21.3. The average Bonchev–Trinajstić information content (AvgIpc) is 3.29. The van der Waals surface area contributed by atoms with Gasteiger partial charge in [0, 0.05) is 25.8 Å². The summed E-state index contributed by atoms with van der Waals surface area (Å²) in [5, 5.41) is 7.31. The Hall–Kier alpha value is -3.45. The van der Waals surface area contributed by atoms with Gasteiger partial charge in [0.2, 0.25) is 11.8 Å². The van der Waals surface area contributed by atoms with E-state index in [-0.39, 0.29) is 43.4 Å². The van der Waals surface area contributed by atoms with Crippen molar-refractivity contribution in [2.45, 2.75) is 19.3 Å². The summed E-state index contributed by atoms with van der Waals surface area (Å²) < 4.78 is 5.82. The second-order valence-electron chi connectivity index (χ2n) is 6.46. The Morgan fingerprint density at radius 2 is 1.57 bits per heavy atom. The summed E-state index contributed by atoms with van der Waals surface area (Å²) in [6.45, 7) is 0.194. The summed E-state index contributed by atoms with van der Waals surface area (Å²) in [5.74, 6) is 0.666. The topological polar surface area (TPSA) is 84.5 Å². The van der Waals surface area contributed by atoms with Crippen molar-refractivity contribution in [2.24, 2.45) is 0 Å². The molecule has 0 spiro atoms. The highest BCUT2D eigenvalue weighted by Gasteiger charge is 2.11. The Labute approximate surface area is 178 Å². The molecule has 6 nitrogen and oxygen atoms in total. The SMILES string of the molecule is O=C(CCC(=O)c1cccs1)NCCC(=O)Nc1ccccc1Oc1ccccc1. The van der Waals surface area contributed by atoms with Gasteiger partial charge in [0.05, 0.1) is 10.6 Å². The van der Waals surface area contributed by atoms with Crippen LogP contribution < -0.4 is 15.4 Å². The predicted molar refractivity (Wildman–Crippen MR) is 117 cm³/mol. The maximum atomic E-state index is 12.2. The van der Waals surface area contributed by atoms with Gasteiger partial charge in [-0.25, -0.2) is 0 Å².